The predicted octanol–water partition coefficient (Wildman–Crippen LogP) is 4.31. The summed E-state index contributed by atoms with van der Waals surface area (Å²) in [5, 5.41) is 22.3. The molecule has 1 aromatic carbocycles. The molecule has 0 unspecified atom stereocenters. The van der Waals surface area contributed by atoms with E-state index in [9.17, 15) is 13.6 Å². The minimum atomic E-state index is -3.84. The number of rotatable bonds is 7. The third-order valence-electron chi connectivity index (χ3n) is 4.99. The number of hydrogen-bond donors (Lipinski definition) is 3. The molecule has 0 radical (unpaired) electrons. The summed E-state index contributed by atoms with van der Waals surface area (Å²) in [5.74, 6) is -0.645. The molecular formula is C23H18ClF2N7O2. The number of nitrogens with zero attached hydrogens (tertiary/aromatic N) is 4. The van der Waals surface area contributed by atoms with Crippen molar-refractivity contribution >= 4 is 29.5 Å². The number of benzene rings is 1. The largest absolute Gasteiger partial charge is 0.487 e. The zero-order chi connectivity index (χ0) is 25.2. The van der Waals surface area contributed by atoms with Gasteiger partial charge >= 0.3 is 5.57 Å². The van der Waals surface area contributed by atoms with Crippen LogP contribution < -0.4 is 15.5 Å². The molecule has 12 heteroatoms. The van der Waals surface area contributed by atoms with Crippen molar-refractivity contribution < 1.29 is 18.3 Å². The molecule has 4 aromatic rings. The van der Waals surface area contributed by atoms with Gasteiger partial charge in [0, 0.05) is 54.1 Å². The fourth-order valence-electron chi connectivity index (χ4n) is 3.35. The Morgan fingerprint density at radius 2 is 1.94 bits per heavy atom. The Morgan fingerprint density at radius 1 is 1.20 bits per heavy atom. The van der Waals surface area contributed by atoms with Crippen molar-refractivity contribution in [2.75, 3.05) is 5.32 Å². The highest BCUT2D eigenvalue weighted by Gasteiger charge is 2.27. The van der Waals surface area contributed by atoms with Gasteiger partial charge in [0.2, 0.25) is 0 Å². The van der Waals surface area contributed by atoms with E-state index >= 15 is 0 Å². The number of anilines is 1. The van der Waals surface area contributed by atoms with E-state index in [1.165, 1.54) is 41.1 Å². The molecule has 35 heavy (non-hydrogen) atoms. The molecule has 0 bridgehead atoms. The van der Waals surface area contributed by atoms with Crippen molar-refractivity contribution in [3.8, 4) is 28.3 Å². The molecule has 3 heterocycles. The lowest BCUT2D eigenvalue weighted by Crippen LogP contribution is -2.18. The number of ether oxygens (including phenoxy) is 1. The summed E-state index contributed by atoms with van der Waals surface area (Å²) >= 11 is 4.76. The number of nitrogens with one attached hydrogen (secondary N) is 3. The summed E-state index contributed by atoms with van der Waals surface area (Å²) in [6.07, 6.45) is 5.64. The number of aryl methyl sites for hydroxylation is 1. The molecule has 0 saturated carbocycles. The van der Waals surface area contributed by atoms with Gasteiger partial charge < -0.3 is 10.1 Å². The normalized spacial score (nSPS) is 11.2. The van der Waals surface area contributed by atoms with Gasteiger partial charge in [0.05, 0.1) is 23.3 Å². The highest BCUT2D eigenvalue weighted by Crippen LogP contribution is 2.31. The molecule has 178 valence electrons. The first kappa shape index (κ1) is 23.8. The van der Waals surface area contributed by atoms with Crippen molar-refractivity contribution in [3.05, 3.63) is 78.2 Å². The Labute approximate surface area is 202 Å². The van der Waals surface area contributed by atoms with Crippen LogP contribution in [0.25, 0.3) is 22.5 Å². The zero-order valence-electron chi connectivity index (χ0n) is 18.2. The van der Waals surface area contributed by atoms with Crippen molar-refractivity contribution in [2.45, 2.75) is 5.57 Å². The van der Waals surface area contributed by atoms with E-state index in [1.54, 1.807) is 42.3 Å². The Bertz CT molecular complexity index is 1460. The lowest BCUT2D eigenvalue weighted by molar-refractivity contribution is -0.0964. The molecule has 0 fully saturated rings. The van der Waals surface area contributed by atoms with Gasteiger partial charge in [0.15, 0.2) is 0 Å². The highest BCUT2D eigenvalue weighted by molar-refractivity contribution is 6.20. The quantitative estimate of drug-likeness (QED) is 0.200. The molecule has 3 aromatic heterocycles. The van der Waals surface area contributed by atoms with Crippen molar-refractivity contribution in [3.63, 3.8) is 0 Å². The van der Waals surface area contributed by atoms with Crippen LogP contribution >= 0.6 is 11.6 Å². The van der Waals surface area contributed by atoms with Crippen LogP contribution in [0, 0.1) is 10.8 Å². The van der Waals surface area contributed by atoms with Crippen LogP contribution in [0.1, 0.15) is 10.4 Å². The van der Waals surface area contributed by atoms with E-state index in [2.05, 4.69) is 20.1 Å². The second kappa shape index (κ2) is 9.47. The zero-order valence-corrected chi connectivity index (χ0v) is 18.9. The van der Waals surface area contributed by atoms with Crippen molar-refractivity contribution in [1.29, 1.82) is 10.8 Å². The maximum absolute atomic E-state index is 12.9. The first-order chi connectivity index (χ1) is 16.6. The average Bonchev–Trinajstić information content (AvgIpc) is 3.25. The molecule has 0 spiro atoms. The number of hydrogen-bond acceptors (Lipinski definition) is 6. The highest BCUT2D eigenvalue weighted by atomic mass is 35.5. The lowest BCUT2D eigenvalue weighted by Gasteiger charge is -2.13. The summed E-state index contributed by atoms with van der Waals surface area (Å²) in [5.41, 5.74) is -0.665. The SMILES string of the molecule is Cn1nccc1-c1ncc(C(=O)Nc2ccc(OC(F)(F)Cl)cc2)cc1-c1ccc(=N)n(C=N)c1. The summed E-state index contributed by atoms with van der Waals surface area (Å²) in [4.78, 5) is 17.4. The second-order valence-corrected chi connectivity index (χ2v) is 7.77. The molecule has 3 N–H and O–H groups in total. The van der Waals surface area contributed by atoms with E-state index < -0.39 is 11.5 Å². The number of pyridine rings is 2. The van der Waals surface area contributed by atoms with Gasteiger partial charge in [-0.25, -0.2) is 0 Å². The molecule has 1 amide bonds. The third-order valence-corrected chi connectivity index (χ3v) is 5.06. The Balaban J connectivity index is 1.69. The molecule has 0 aliphatic heterocycles. The second-order valence-electron chi connectivity index (χ2n) is 7.33. The Morgan fingerprint density at radius 3 is 2.57 bits per heavy atom. The number of alkyl halides is 3. The number of amides is 1. The molecular weight excluding hydrogens is 480 g/mol. The Kier molecular flexibility index (Phi) is 6.43. The maximum Gasteiger partial charge on any atom is 0.487 e. The fraction of sp³-hybridized carbons (Fsp3) is 0.0870. The van der Waals surface area contributed by atoms with Crippen LogP contribution in [0.2, 0.25) is 0 Å². The summed E-state index contributed by atoms with van der Waals surface area (Å²) in [6, 6.07) is 12.0. The van der Waals surface area contributed by atoms with Crippen LogP contribution in [0.15, 0.2) is 67.1 Å². The smallest absolute Gasteiger partial charge is 0.420 e. The van der Waals surface area contributed by atoms with Crippen molar-refractivity contribution in [1.82, 2.24) is 19.3 Å². The van der Waals surface area contributed by atoms with E-state index in [1.807, 2.05) is 0 Å². The molecule has 4 rings (SSSR count). The number of halogens is 3. The van der Waals surface area contributed by atoms with Gasteiger partial charge in [-0.3, -0.25) is 29.8 Å². The standard InChI is InChI=1S/C23H18ClF2N7O2/c1-32-19(8-9-30-32)21-18(14-2-7-20(28)33(12-14)13-27)10-15(11-29-21)22(34)31-16-3-5-17(6-4-16)35-23(24,25)26/h2-13,27-28H,1H3,(H,31,34). The monoisotopic (exact) mass is 497 g/mol. The van der Waals surface area contributed by atoms with Crippen LogP contribution in [-0.2, 0) is 7.05 Å². The van der Waals surface area contributed by atoms with Gasteiger partial charge in [-0.1, -0.05) is 0 Å². The first-order valence-corrected chi connectivity index (χ1v) is 10.5. The summed E-state index contributed by atoms with van der Waals surface area (Å²) < 4.78 is 32.8. The third kappa shape index (κ3) is 5.41. The van der Waals surface area contributed by atoms with Crippen LogP contribution in [0.4, 0.5) is 14.5 Å². The van der Waals surface area contributed by atoms with E-state index in [0.717, 1.165) is 6.34 Å². The number of carbonyl (C=O) groups is 1. The minimum absolute atomic E-state index is 0.118. The molecule has 0 saturated heterocycles. The van der Waals surface area contributed by atoms with Crippen LogP contribution in [0.5, 0.6) is 5.75 Å². The molecule has 0 atom stereocenters. The van der Waals surface area contributed by atoms with Gasteiger partial charge in [-0.15, -0.1) is 8.78 Å². The van der Waals surface area contributed by atoms with Gasteiger partial charge in [-0.2, -0.15) is 5.10 Å². The average molecular weight is 498 g/mol. The molecule has 0 aliphatic rings. The van der Waals surface area contributed by atoms with Gasteiger partial charge in [0.25, 0.3) is 5.91 Å². The summed E-state index contributed by atoms with van der Waals surface area (Å²) in [6.45, 7) is 0. The van der Waals surface area contributed by atoms with Gasteiger partial charge in [0.1, 0.15) is 11.2 Å². The van der Waals surface area contributed by atoms with Crippen molar-refractivity contribution in [2.24, 2.45) is 7.05 Å². The molecule has 9 nitrogen and oxygen atoms in total. The van der Waals surface area contributed by atoms with Crippen LogP contribution in [-0.4, -0.2) is 37.1 Å². The topological polar surface area (TPSA) is 122 Å². The summed E-state index contributed by atoms with van der Waals surface area (Å²) in [7, 11) is 1.76. The maximum atomic E-state index is 12.9. The van der Waals surface area contributed by atoms with E-state index in [4.69, 9.17) is 22.4 Å². The van der Waals surface area contributed by atoms with Gasteiger partial charge in [-0.05, 0) is 48.5 Å². The lowest BCUT2D eigenvalue weighted by atomic mass is 10.0. The van der Waals surface area contributed by atoms with Crippen LogP contribution in [0.3, 0.4) is 0 Å². The number of aromatic nitrogens is 4. The van der Waals surface area contributed by atoms with E-state index in [0.29, 0.717) is 28.2 Å². The van der Waals surface area contributed by atoms with E-state index in [-0.39, 0.29) is 16.8 Å². The Hall–Kier alpha value is -4.38. The molecule has 0 aliphatic carbocycles. The number of carbonyl (C=O) groups excluding carboxylic acids is 1. The fourth-order valence-corrected chi connectivity index (χ4v) is 3.43. The minimum Gasteiger partial charge on any atom is -0.420 e. The predicted molar refractivity (Wildman–Crippen MR) is 126 cm³/mol. The first-order valence-electron chi connectivity index (χ1n) is 10.1.